The van der Waals surface area contributed by atoms with E-state index in [4.69, 9.17) is 18.0 Å². The van der Waals surface area contributed by atoms with E-state index in [0.717, 1.165) is 0 Å². The monoisotopic (exact) mass is 276 g/mol. The first-order valence-corrected chi connectivity index (χ1v) is 6.84. The molecule has 0 aliphatic carbocycles. The van der Waals surface area contributed by atoms with E-state index >= 15 is 0 Å². The van der Waals surface area contributed by atoms with Gasteiger partial charge in [0.15, 0.2) is 5.03 Å². The smallest absolute Gasteiger partial charge is 0.261 e. The minimum Gasteiger partial charge on any atom is -0.393 e. The normalized spacial score (nSPS) is 12.0. The van der Waals surface area contributed by atoms with E-state index in [9.17, 15) is 8.42 Å². The lowest BCUT2D eigenvalue weighted by Gasteiger charge is -2.14. The van der Waals surface area contributed by atoms with Gasteiger partial charge in [0.05, 0.1) is 4.99 Å². The molecule has 0 amide bonds. The van der Waals surface area contributed by atoms with Gasteiger partial charge in [0.1, 0.15) is 5.82 Å². The van der Waals surface area contributed by atoms with E-state index in [1.807, 2.05) is 0 Å². The number of imidazole rings is 1. The molecule has 2 N–H and O–H groups in total. The van der Waals surface area contributed by atoms with E-state index < -0.39 is 10.0 Å². The SMILES string of the molecule is Cc1nc(S(=O)(=O)N(C)CCC(N)=S)cn1C. The highest BCUT2D eigenvalue weighted by Gasteiger charge is 2.23. The number of aromatic nitrogens is 2. The molecule has 0 saturated carbocycles. The molecule has 6 nitrogen and oxygen atoms in total. The fraction of sp³-hybridized carbons (Fsp3) is 0.556. The van der Waals surface area contributed by atoms with Crippen molar-refractivity contribution in [3.63, 3.8) is 0 Å². The molecule has 17 heavy (non-hydrogen) atoms. The summed E-state index contributed by atoms with van der Waals surface area (Å²) in [7, 11) is -0.320. The first-order chi connectivity index (χ1) is 7.75. The van der Waals surface area contributed by atoms with Gasteiger partial charge in [0.25, 0.3) is 10.0 Å². The molecular formula is C9H16N4O2S2. The zero-order valence-electron chi connectivity index (χ0n) is 10.0. The fourth-order valence-electron chi connectivity index (χ4n) is 1.20. The van der Waals surface area contributed by atoms with Crippen LogP contribution in [0.3, 0.4) is 0 Å². The summed E-state index contributed by atoms with van der Waals surface area (Å²) in [5.41, 5.74) is 5.34. The van der Waals surface area contributed by atoms with Crippen molar-refractivity contribution in [2.75, 3.05) is 13.6 Å². The Hall–Kier alpha value is -0.990. The van der Waals surface area contributed by atoms with Gasteiger partial charge in [-0.15, -0.1) is 0 Å². The summed E-state index contributed by atoms with van der Waals surface area (Å²) in [5, 5.41) is 0.0444. The molecule has 0 saturated heterocycles. The Morgan fingerprint density at radius 1 is 1.65 bits per heavy atom. The number of hydrogen-bond donors (Lipinski definition) is 1. The molecule has 0 atom stereocenters. The lowest BCUT2D eigenvalue weighted by molar-refractivity contribution is 0.476. The van der Waals surface area contributed by atoms with Gasteiger partial charge in [-0.05, 0) is 6.92 Å². The standard InChI is InChI=1S/C9H16N4O2S2/c1-7-11-9(6-12(7)2)17(14,15)13(3)5-4-8(10)16/h6H,4-5H2,1-3H3,(H2,10,16). The molecule has 1 rings (SSSR count). The lowest BCUT2D eigenvalue weighted by atomic mass is 10.4. The van der Waals surface area contributed by atoms with Crippen molar-refractivity contribution in [1.82, 2.24) is 13.9 Å². The third-order valence-corrected chi connectivity index (χ3v) is 4.37. The lowest BCUT2D eigenvalue weighted by Crippen LogP contribution is -2.30. The summed E-state index contributed by atoms with van der Waals surface area (Å²) in [6, 6.07) is 0. The molecule has 0 aromatic carbocycles. The molecule has 0 fully saturated rings. The van der Waals surface area contributed by atoms with Gasteiger partial charge in [-0.1, -0.05) is 12.2 Å². The summed E-state index contributed by atoms with van der Waals surface area (Å²) in [4.78, 5) is 4.29. The molecule has 0 spiro atoms. The number of aryl methyl sites for hydroxylation is 2. The van der Waals surface area contributed by atoms with Crippen molar-refractivity contribution in [3.8, 4) is 0 Å². The first kappa shape index (κ1) is 14.1. The predicted octanol–water partition coefficient (Wildman–Crippen LogP) is 0.0252. The molecule has 0 aliphatic rings. The Kier molecular flexibility index (Phi) is 4.23. The Labute approximate surface area is 106 Å². The van der Waals surface area contributed by atoms with E-state index in [1.165, 1.54) is 17.5 Å². The second kappa shape index (κ2) is 5.11. The molecule has 0 unspecified atom stereocenters. The molecule has 8 heteroatoms. The van der Waals surface area contributed by atoms with Crippen LogP contribution in [0.1, 0.15) is 12.2 Å². The molecule has 1 aromatic heterocycles. The Morgan fingerprint density at radius 3 is 2.65 bits per heavy atom. The number of nitrogens with two attached hydrogens (primary N) is 1. The highest BCUT2D eigenvalue weighted by atomic mass is 32.2. The van der Waals surface area contributed by atoms with Crippen LogP contribution in [0.5, 0.6) is 0 Å². The Morgan fingerprint density at radius 2 is 2.24 bits per heavy atom. The van der Waals surface area contributed by atoms with Crippen LogP contribution < -0.4 is 5.73 Å². The largest absolute Gasteiger partial charge is 0.393 e. The van der Waals surface area contributed by atoms with Gasteiger partial charge in [0, 0.05) is 33.3 Å². The van der Waals surface area contributed by atoms with Crippen molar-refractivity contribution in [2.45, 2.75) is 18.4 Å². The highest BCUT2D eigenvalue weighted by Crippen LogP contribution is 2.13. The molecule has 1 aromatic rings. The first-order valence-electron chi connectivity index (χ1n) is 4.99. The van der Waals surface area contributed by atoms with Crippen LogP contribution >= 0.6 is 12.2 Å². The molecule has 96 valence electrons. The van der Waals surface area contributed by atoms with Gasteiger partial charge in [-0.25, -0.2) is 13.4 Å². The van der Waals surface area contributed by atoms with Crippen molar-refractivity contribution in [1.29, 1.82) is 0 Å². The van der Waals surface area contributed by atoms with E-state index in [0.29, 0.717) is 17.2 Å². The molecular weight excluding hydrogens is 260 g/mol. The maximum atomic E-state index is 12.1. The summed E-state index contributed by atoms with van der Waals surface area (Å²) < 4.78 is 27.0. The van der Waals surface area contributed by atoms with E-state index in [1.54, 1.807) is 18.5 Å². The highest BCUT2D eigenvalue weighted by molar-refractivity contribution is 7.89. The van der Waals surface area contributed by atoms with Crippen LogP contribution in [0.25, 0.3) is 0 Å². The zero-order chi connectivity index (χ0) is 13.2. The third kappa shape index (κ3) is 3.24. The summed E-state index contributed by atoms with van der Waals surface area (Å²) in [6.45, 7) is 2.00. The minimum atomic E-state index is -3.55. The van der Waals surface area contributed by atoms with Gasteiger partial charge < -0.3 is 10.3 Å². The second-order valence-corrected chi connectivity index (χ2v) is 6.30. The van der Waals surface area contributed by atoms with Crippen molar-refractivity contribution < 1.29 is 8.42 Å². The van der Waals surface area contributed by atoms with Crippen molar-refractivity contribution in [2.24, 2.45) is 12.8 Å². The summed E-state index contributed by atoms with van der Waals surface area (Å²) >= 11 is 4.71. The average molecular weight is 276 g/mol. The van der Waals surface area contributed by atoms with Gasteiger partial charge in [-0.2, -0.15) is 4.31 Å². The number of hydrogen-bond acceptors (Lipinski definition) is 4. The Balaban J connectivity index is 2.91. The van der Waals surface area contributed by atoms with Crippen LogP contribution in [0.2, 0.25) is 0 Å². The molecule has 0 aliphatic heterocycles. The summed E-state index contributed by atoms with van der Waals surface area (Å²) in [5.74, 6) is 0.645. The van der Waals surface area contributed by atoms with E-state index in [-0.39, 0.29) is 11.6 Å². The van der Waals surface area contributed by atoms with Crippen LogP contribution in [0.15, 0.2) is 11.2 Å². The fourth-order valence-corrected chi connectivity index (χ4v) is 2.48. The van der Waals surface area contributed by atoms with Gasteiger partial charge in [-0.3, -0.25) is 0 Å². The minimum absolute atomic E-state index is 0.0444. The van der Waals surface area contributed by atoms with Crippen molar-refractivity contribution >= 4 is 27.2 Å². The summed E-state index contributed by atoms with van der Waals surface area (Å²) in [6.07, 6.45) is 1.85. The van der Waals surface area contributed by atoms with Gasteiger partial charge in [0.2, 0.25) is 0 Å². The average Bonchev–Trinajstić information content (AvgIpc) is 2.56. The topological polar surface area (TPSA) is 81.2 Å². The van der Waals surface area contributed by atoms with E-state index in [2.05, 4.69) is 4.98 Å². The number of rotatable bonds is 5. The molecule has 0 radical (unpaired) electrons. The third-order valence-electron chi connectivity index (χ3n) is 2.43. The van der Waals surface area contributed by atoms with Crippen LogP contribution in [0.4, 0.5) is 0 Å². The number of thiocarbonyl (C=S) groups is 1. The van der Waals surface area contributed by atoms with Crippen molar-refractivity contribution in [3.05, 3.63) is 12.0 Å². The molecule has 0 bridgehead atoms. The van der Waals surface area contributed by atoms with Crippen LogP contribution in [-0.4, -0.2) is 40.9 Å². The predicted molar refractivity (Wildman–Crippen MR) is 69.2 cm³/mol. The number of sulfonamides is 1. The van der Waals surface area contributed by atoms with Crippen LogP contribution in [-0.2, 0) is 17.1 Å². The Bertz CT molecular complexity index is 502. The maximum absolute atomic E-state index is 12.1. The van der Waals surface area contributed by atoms with Crippen LogP contribution in [0, 0.1) is 6.92 Å². The number of nitrogens with zero attached hydrogens (tertiary/aromatic N) is 3. The second-order valence-electron chi connectivity index (χ2n) is 3.78. The maximum Gasteiger partial charge on any atom is 0.261 e. The quantitative estimate of drug-likeness (QED) is 0.767. The van der Waals surface area contributed by atoms with Gasteiger partial charge >= 0.3 is 0 Å². The zero-order valence-corrected chi connectivity index (χ0v) is 11.7. The molecule has 1 heterocycles.